The van der Waals surface area contributed by atoms with E-state index < -0.39 is 5.60 Å². The lowest BCUT2D eigenvalue weighted by molar-refractivity contribution is -0.154. The van der Waals surface area contributed by atoms with Crippen LogP contribution >= 0.6 is 0 Å². The number of Topliss-reactive ketones (excluding diaryl/α,β-unsaturated/α-hetero) is 1. The third kappa shape index (κ3) is 5.24. The topological polar surface area (TPSA) is 56.3 Å². The van der Waals surface area contributed by atoms with Crippen molar-refractivity contribution in [1.82, 2.24) is 4.98 Å². The van der Waals surface area contributed by atoms with E-state index in [1.807, 2.05) is 0 Å². The van der Waals surface area contributed by atoms with Crippen molar-refractivity contribution in [3.05, 3.63) is 30.1 Å². The summed E-state index contributed by atoms with van der Waals surface area (Å²) in [6.45, 7) is 5.40. The molecule has 0 saturated heterocycles. The van der Waals surface area contributed by atoms with Crippen LogP contribution in [0.25, 0.3) is 0 Å². The number of carbonyl (C=O) groups is 2. The fourth-order valence-corrected chi connectivity index (χ4v) is 1.29. The summed E-state index contributed by atoms with van der Waals surface area (Å²) in [6.07, 6.45) is 3.39. The maximum absolute atomic E-state index is 11.7. The van der Waals surface area contributed by atoms with Crippen LogP contribution in [0.15, 0.2) is 24.5 Å². The van der Waals surface area contributed by atoms with Gasteiger partial charge in [-0.15, -0.1) is 0 Å². The Labute approximate surface area is 101 Å². The molecule has 0 N–H and O–H groups in total. The van der Waals surface area contributed by atoms with Crippen LogP contribution in [0, 0.1) is 0 Å². The van der Waals surface area contributed by atoms with Gasteiger partial charge in [0.05, 0.1) is 6.42 Å². The molecule has 1 rings (SSSR count). The largest absolute Gasteiger partial charge is 0.460 e. The molecule has 4 nitrogen and oxygen atoms in total. The van der Waals surface area contributed by atoms with Gasteiger partial charge < -0.3 is 4.74 Å². The lowest BCUT2D eigenvalue weighted by atomic mass is 10.1. The minimum atomic E-state index is -0.503. The van der Waals surface area contributed by atoms with E-state index in [0.29, 0.717) is 5.56 Å². The summed E-state index contributed by atoms with van der Waals surface area (Å²) in [5.74, 6) is -0.418. The van der Waals surface area contributed by atoms with Gasteiger partial charge in [-0.1, -0.05) is 0 Å². The summed E-state index contributed by atoms with van der Waals surface area (Å²) in [5.41, 5.74) is 0.0696. The quantitative estimate of drug-likeness (QED) is 0.594. The van der Waals surface area contributed by atoms with E-state index >= 15 is 0 Å². The molecule has 0 saturated carbocycles. The zero-order chi connectivity index (χ0) is 12.9. The Hall–Kier alpha value is -1.71. The number of ketones is 1. The molecule has 0 spiro atoms. The first-order valence-electron chi connectivity index (χ1n) is 5.53. The number of nitrogens with zero attached hydrogens (tertiary/aromatic N) is 1. The fourth-order valence-electron chi connectivity index (χ4n) is 1.29. The molecule has 17 heavy (non-hydrogen) atoms. The third-order valence-electron chi connectivity index (χ3n) is 1.98. The van der Waals surface area contributed by atoms with E-state index in [-0.39, 0.29) is 24.6 Å². The average Bonchev–Trinajstić information content (AvgIpc) is 2.25. The van der Waals surface area contributed by atoms with Crippen LogP contribution in [0.3, 0.4) is 0 Å². The molecular weight excluding hydrogens is 218 g/mol. The number of rotatable bonds is 4. The maximum Gasteiger partial charge on any atom is 0.306 e. The van der Waals surface area contributed by atoms with Crippen LogP contribution in [-0.2, 0) is 9.53 Å². The minimum absolute atomic E-state index is 0.0711. The number of pyridine rings is 1. The molecular formula is C13H17NO3. The van der Waals surface area contributed by atoms with Crippen LogP contribution in [0.2, 0.25) is 0 Å². The van der Waals surface area contributed by atoms with Gasteiger partial charge in [-0.25, -0.2) is 0 Å². The molecule has 0 aliphatic rings. The van der Waals surface area contributed by atoms with Gasteiger partial charge in [0.15, 0.2) is 5.78 Å². The van der Waals surface area contributed by atoms with Gasteiger partial charge >= 0.3 is 5.97 Å². The highest BCUT2D eigenvalue weighted by Gasteiger charge is 2.17. The molecule has 0 amide bonds. The minimum Gasteiger partial charge on any atom is -0.460 e. The van der Waals surface area contributed by atoms with Crippen molar-refractivity contribution in [2.45, 2.75) is 39.2 Å². The average molecular weight is 235 g/mol. The molecule has 0 atom stereocenters. The first-order valence-corrected chi connectivity index (χ1v) is 5.53. The van der Waals surface area contributed by atoms with Crippen molar-refractivity contribution < 1.29 is 14.3 Å². The molecule has 1 aromatic rings. The van der Waals surface area contributed by atoms with E-state index in [9.17, 15) is 9.59 Å². The molecule has 1 aromatic heterocycles. The van der Waals surface area contributed by atoms with Crippen LogP contribution in [0.5, 0.6) is 0 Å². The van der Waals surface area contributed by atoms with Crippen molar-refractivity contribution in [2.24, 2.45) is 0 Å². The summed E-state index contributed by atoms with van der Waals surface area (Å²) < 4.78 is 5.12. The second kappa shape index (κ2) is 5.57. The number of hydrogen-bond donors (Lipinski definition) is 0. The number of ether oxygens (including phenoxy) is 1. The Balaban J connectivity index is 2.42. The van der Waals surface area contributed by atoms with Gasteiger partial charge in [-0.3, -0.25) is 14.6 Å². The molecule has 92 valence electrons. The Morgan fingerprint density at radius 1 is 1.18 bits per heavy atom. The number of aromatic nitrogens is 1. The summed E-state index contributed by atoms with van der Waals surface area (Å²) in [7, 11) is 0. The lowest BCUT2D eigenvalue weighted by Gasteiger charge is -2.19. The zero-order valence-corrected chi connectivity index (χ0v) is 10.4. The lowest BCUT2D eigenvalue weighted by Crippen LogP contribution is -2.24. The van der Waals surface area contributed by atoms with Gasteiger partial charge in [0, 0.05) is 24.4 Å². The van der Waals surface area contributed by atoms with E-state index in [0.717, 1.165) is 0 Å². The maximum atomic E-state index is 11.7. The highest BCUT2D eigenvalue weighted by molar-refractivity contribution is 5.97. The second-order valence-corrected chi connectivity index (χ2v) is 4.75. The number of hydrogen-bond acceptors (Lipinski definition) is 4. The zero-order valence-electron chi connectivity index (χ0n) is 10.4. The monoisotopic (exact) mass is 235 g/mol. The van der Waals surface area contributed by atoms with Gasteiger partial charge in [0.25, 0.3) is 0 Å². The van der Waals surface area contributed by atoms with E-state index in [1.165, 1.54) is 0 Å². The predicted molar refractivity (Wildman–Crippen MR) is 63.6 cm³/mol. The molecule has 0 aromatic carbocycles. The summed E-state index contributed by atoms with van der Waals surface area (Å²) in [5, 5.41) is 0. The Kier molecular flexibility index (Phi) is 4.37. The summed E-state index contributed by atoms with van der Waals surface area (Å²) in [4.78, 5) is 26.9. The number of esters is 1. The SMILES string of the molecule is CC(C)(C)OC(=O)CCC(=O)c1ccncc1. The van der Waals surface area contributed by atoms with Crippen LogP contribution < -0.4 is 0 Å². The van der Waals surface area contributed by atoms with Gasteiger partial charge in [0.1, 0.15) is 5.60 Å². The van der Waals surface area contributed by atoms with Gasteiger partial charge in [0.2, 0.25) is 0 Å². The molecule has 1 heterocycles. The van der Waals surface area contributed by atoms with Crippen LogP contribution in [0.1, 0.15) is 44.0 Å². The van der Waals surface area contributed by atoms with Crippen molar-refractivity contribution in [1.29, 1.82) is 0 Å². The molecule has 0 aliphatic carbocycles. The van der Waals surface area contributed by atoms with E-state index in [1.54, 1.807) is 45.3 Å². The van der Waals surface area contributed by atoms with Crippen molar-refractivity contribution >= 4 is 11.8 Å². The van der Waals surface area contributed by atoms with E-state index in [2.05, 4.69) is 4.98 Å². The Morgan fingerprint density at radius 2 is 1.76 bits per heavy atom. The molecule has 0 fully saturated rings. The summed E-state index contributed by atoms with van der Waals surface area (Å²) >= 11 is 0. The van der Waals surface area contributed by atoms with Gasteiger partial charge in [-0.2, -0.15) is 0 Å². The first kappa shape index (κ1) is 13.4. The Bertz CT molecular complexity index is 393. The van der Waals surface area contributed by atoms with E-state index in [4.69, 9.17) is 4.74 Å². The van der Waals surface area contributed by atoms with Gasteiger partial charge in [-0.05, 0) is 32.9 Å². The van der Waals surface area contributed by atoms with Crippen molar-refractivity contribution in [3.63, 3.8) is 0 Å². The standard InChI is InChI=1S/C13H17NO3/c1-13(2,3)17-12(16)5-4-11(15)10-6-8-14-9-7-10/h6-9H,4-5H2,1-3H3. The smallest absolute Gasteiger partial charge is 0.306 e. The molecule has 0 unspecified atom stereocenters. The normalized spacial score (nSPS) is 11.0. The Morgan fingerprint density at radius 3 is 2.29 bits per heavy atom. The molecule has 0 bridgehead atoms. The fraction of sp³-hybridized carbons (Fsp3) is 0.462. The predicted octanol–water partition coefficient (Wildman–Crippen LogP) is 2.39. The van der Waals surface area contributed by atoms with Crippen molar-refractivity contribution in [2.75, 3.05) is 0 Å². The molecule has 0 aliphatic heterocycles. The first-order chi connectivity index (χ1) is 7.88. The van der Waals surface area contributed by atoms with Crippen LogP contribution in [0.4, 0.5) is 0 Å². The third-order valence-corrected chi connectivity index (χ3v) is 1.98. The van der Waals surface area contributed by atoms with Crippen LogP contribution in [-0.4, -0.2) is 22.3 Å². The highest BCUT2D eigenvalue weighted by atomic mass is 16.6. The highest BCUT2D eigenvalue weighted by Crippen LogP contribution is 2.10. The second-order valence-electron chi connectivity index (χ2n) is 4.75. The molecule has 0 radical (unpaired) electrons. The summed E-state index contributed by atoms with van der Waals surface area (Å²) in [6, 6.07) is 3.27. The molecule has 4 heteroatoms. The van der Waals surface area contributed by atoms with Crippen molar-refractivity contribution in [3.8, 4) is 0 Å². The number of carbonyl (C=O) groups excluding carboxylic acids is 2.